The van der Waals surface area contributed by atoms with Gasteiger partial charge in [-0.3, -0.25) is 0 Å². The molecule has 1 aromatic rings. The van der Waals surface area contributed by atoms with E-state index in [0.29, 0.717) is 6.54 Å². The minimum atomic E-state index is -4.27. The first-order valence-electron chi connectivity index (χ1n) is 6.62. The molecule has 1 aromatic carbocycles. The molecule has 1 N–H and O–H groups in total. The van der Waals surface area contributed by atoms with Crippen molar-refractivity contribution in [1.29, 1.82) is 0 Å². The minimum absolute atomic E-state index is 0.454. The van der Waals surface area contributed by atoms with E-state index in [4.69, 9.17) is 0 Å². The Morgan fingerprint density at radius 3 is 2.42 bits per heavy atom. The Labute approximate surface area is 111 Å². The monoisotopic (exact) mass is 272 g/mol. The standard InChI is InChI=1S/C14H19F3N2/c1-18-10-11-9-12(14(15,16)17)5-6-13(11)19-7-3-2-4-8-19/h5-6,9,18H,2-4,7-8,10H2,1H3. The number of nitrogens with zero attached hydrogens (tertiary/aromatic N) is 1. The van der Waals surface area contributed by atoms with Crippen LogP contribution in [0.3, 0.4) is 0 Å². The summed E-state index contributed by atoms with van der Waals surface area (Å²) < 4.78 is 38.2. The van der Waals surface area contributed by atoms with Crippen molar-refractivity contribution >= 4 is 5.69 Å². The van der Waals surface area contributed by atoms with E-state index in [1.807, 2.05) is 0 Å². The van der Waals surface area contributed by atoms with Crippen LogP contribution in [0.4, 0.5) is 18.9 Å². The lowest BCUT2D eigenvalue weighted by atomic mass is 10.0. The van der Waals surface area contributed by atoms with E-state index in [1.54, 1.807) is 13.1 Å². The fourth-order valence-corrected chi connectivity index (χ4v) is 2.54. The molecule has 1 saturated heterocycles. The molecule has 0 amide bonds. The van der Waals surface area contributed by atoms with Gasteiger partial charge in [0.1, 0.15) is 0 Å². The number of nitrogens with one attached hydrogen (secondary N) is 1. The zero-order valence-electron chi connectivity index (χ0n) is 11.1. The summed E-state index contributed by atoms with van der Waals surface area (Å²) in [6, 6.07) is 4.06. The van der Waals surface area contributed by atoms with Crippen LogP contribution in [-0.4, -0.2) is 20.1 Å². The van der Waals surface area contributed by atoms with Crippen molar-refractivity contribution in [2.24, 2.45) is 0 Å². The maximum Gasteiger partial charge on any atom is 0.416 e. The number of halogens is 3. The largest absolute Gasteiger partial charge is 0.416 e. The highest BCUT2D eigenvalue weighted by Gasteiger charge is 2.31. The van der Waals surface area contributed by atoms with Gasteiger partial charge in [-0.05, 0) is 50.1 Å². The molecule has 0 atom stereocenters. The third-order valence-corrected chi connectivity index (χ3v) is 3.47. The highest BCUT2D eigenvalue weighted by molar-refractivity contribution is 5.55. The molecule has 2 nitrogen and oxygen atoms in total. The number of hydrogen-bond donors (Lipinski definition) is 1. The molecule has 5 heteroatoms. The van der Waals surface area contributed by atoms with Gasteiger partial charge in [-0.15, -0.1) is 0 Å². The number of hydrogen-bond acceptors (Lipinski definition) is 2. The molecular weight excluding hydrogens is 253 g/mol. The van der Waals surface area contributed by atoms with Gasteiger partial charge in [0, 0.05) is 25.3 Å². The van der Waals surface area contributed by atoms with Crippen molar-refractivity contribution < 1.29 is 13.2 Å². The summed E-state index contributed by atoms with van der Waals surface area (Å²) in [4.78, 5) is 2.19. The molecule has 19 heavy (non-hydrogen) atoms. The van der Waals surface area contributed by atoms with Gasteiger partial charge in [0.05, 0.1) is 5.56 Å². The maximum absolute atomic E-state index is 12.7. The normalized spacial score (nSPS) is 16.7. The van der Waals surface area contributed by atoms with Crippen molar-refractivity contribution in [1.82, 2.24) is 5.32 Å². The smallest absolute Gasteiger partial charge is 0.371 e. The van der Waals surface area contributed by atoms with Gasteiger partial charge in [-0.1, -0.05) is 0 Å². The van der Waals surface area contributed by atoms with E-state index in [0.717, 1.165) is 37.2 Å². The summed E-state index contributed by atoms with van der Waals surface area (Å²) in [6.45, 7) is 2.32. The van der Waals surface area contributed by atoms with Crippen LogP contribution in [0, 0.1) is 0 Å². The molecule has 1 heterocycles. The van der Waals surface area contributed by atoms with Gasteiger partial charge < -0.3 is 10.2 Å². The van der Waals surface area contributed by atoms with Crippen LogP contribution in [0.25, 0.3) is 0 Å². The van der Waals surface area contributed by atoms with Gasteiger partial charge in [-0.2, -0.15) is 13.2 Å². The average molecular weight is 272 g/mol. The fourth-order valence-electron chi connectivity index (χ4n) is 2.54. The molecule has 106 valence electrons. The molecule has 0 aliphatic carbocycles. The highest BCUT2D eigenvalue weighted by Crippen LogP contribution is 2.33. The maximum atomic E-state index is 12.7. The van der Waals surface area contributed by atoms with Crippen LogP contribution < -0.4 is 10.2 Å². The third-order valence-electron chi connectivity index (χ3n) is 3.47. The summed E-state index contributed by atoms with van der Waals surface area (Å²) in [5, 5.41) is 2.95. The van der Waals surface area contributed by atoms with E-state index in [9.17, 15) is 13.2 Å². The number of alkyl halides is 3. The molecule has 0 aromatic heterocycles. The van der Waals surface area contributed by atoms with Crippen molar-refractivity contribution in [3.63, 3.8) is 0 Å². The molecule has 0 spiro atoms. The van der Waals surface area contributed by atoms with Gasteiger partial charge >= 0.3 is 6.18 Å². The predicted octanol–water partition coefficient (Wildman–Crippen LogP) is 3.42. The SMILES string of the molecule is CNCc1cc(C(F)(F)F)ccc1N1CCCCC1. The van der Waals surface area contributed by atoms with Gasteiger partial charge in [0.25, 0.3) is 0 Å². The van der Waals surface area contributed by atoms with Gasteiger partial charge in [0.15, 0.2) is 0 Å². The second-order valence-electron chi connectivity index (χ2n) is 4.92. The van der Waals surface area contributed by atoms with E-state index >= 15 is 0 Å². The van der Waals surface area contributed by atoms with E-state index in [2.05, 4.69) is 10.2 Å². The molecule has 1 fully saturated rings. The number of benzene rings is 1. The zero-order valence-corrected chi connectivity index (χ0v) is 11.1. The average Bonchev–Trinajstić information content (AvgIpc) is 2.39. The summed E-state index contributed by atoms with van der Waals surface area (Å²) in [7, 11) is 1.75. The van der Waals surface area contributed by atoms with Gasteiger partial charge in [0.2, 0.25) is 0 Å². The van der Waals surface area contributed by atoms with Crippen molar-refractivity contribution in [3.8, 4) is 0 Å². The Bertz CT molecular complexity index is 423. The number of piperidine rings is 1. The van der Waals surface area contributed by atoms with Crippen LogP contribution in [0.15, 0.2) is 18.2 Å². The first-order valence-corrected chi connectivity index (χ1v) is 6.62. The summed E-state index contributed by atoms with van der Waals surface area (Å²) in [5.41, 5.74) is 1.08. The molecule has 0 radical (unpaired) electrons. The van der Waals surface area contributed by atoms with Crippen molar-refractivity contribution in [2.45, 2.75) is 32.0 Å². The fraction of sp³-hybridized carbons (Fsp3) is 0.571. The van der Waals surface area contributed by atoms with Crippen LogP contribution in [0.2, 0.25) is 0 Å². The molecule has 0 unspecified atom stereocenters. The zero-order chi connectivity index (χ0) is 13.9. The van der Waals surface area contributed by atoms with Crippen LogP contribution in [0.5, 0.6) is 0 Å². The lowest BCUT2D eigenvalue weighted by Crippen LogP contribution is -2.30. The number of rotatable bonds is 3. The molecule has 1 aliphatic rings. The Morgan fingerprint density at radius 2 is 1.84 bits per heavy atom. The summed E-state index contributed by atoms with van der Waals surface area (Å²) >= 11 is 0. The lowest BCUT2D eigenvalue weighted by molar-refractivity contribution is -0.137. The molecule has 0 bridgehead atoms. The molecule has 1 aliphatic heterocycles. The topological polar surface area (TPSA) is 15.3 Å². The Morgan fingerprint density at radius 1 is 1.16 bits per heavy atom. The second-order valence-corrected chi connectivity index (χ2v) is 4.92. The number of anilines is 1. The van der Waals surface area contributed by atoms with Gasteiger partial charge in [-0.25, -0.2) is 0 Å². The lowest BCUT2D eigenvalue weighted by Gasteiger charge is -2.31. The Kier molecular flexibility index (Phi) is 4.34. The van der Waals surface area contributed by atoms with Crippen LogP contribution in [0.1, 0.15) is 30.4 Å². The third kappa shape index (κ3) is 3.41. The molecule has 2 rings (SSSR count). The van der Waals surface area contributed by atoms with Crippen LogP contribution in [-0.2, 0) is 12.7 Å². The van der Waals surface area contributed by atoms with Crippen LogP contribution >= 0.6 is 0 Å². The first-order chi connectivity index (χ1) is 9.02. The van der Waals surface area contributed by atoms with E-state index in [1.165, 1.54) is 18.6 Å². The van der Waals surface area contributed by atoms with E-state index < -0.39 is 11.7 Å². The molecular formula is C14H19F3N2. The second kappa shape index (κ2) is 5.82. The highest BCUT2D eigenvalue weighted by atomic mass is 19.4. The van der Waals surface area contributed by atoms with Crippen molar-refractivity contribution in [3.05, 3.63) is 29.3 Å². The quantitative estimate of drug-likeness (QED) is 0.907. The minimum Gasteiger partial charge on any atom is -0.371 e. The molecule has 0 saturated carbocycles. The van der Waals surface area contributed by atoms with Crippen molar-refractivity contribution in [2.75, 3.05) is 25.0 Å². The summed E-state index contributed by atoms with van der Waals surface area (Å²) in [6.07, 6.45) is -0.846. The Hall–Kier alpha value is -1.23. The predicted molar refractivity (Wildman–Crippen MR) is 70.3 cm³/mol. The first kappa shape index (κ1) is 14.2. The Balaban J connectivity index is 2.31. The van der Waals surface area contributed by atoms with E-state index in [-0.39, 0.29) is 0 Å². The summed E-state index contributed by atoms with van der Waals surface area (Å²) in [5.74, 6) is 0.